The Kier molecular flexibility index (Phi) is 5.70. The largest absolute Gasteiger partial charge is 0.135 e. The molecule has 9 aromatic carbocycles. The molecule has 0 N–H and O–H groups in total. The second-order valence-electron chi connectivity index (χ2n) is 14.4. The summed E-state index contributed by atoms with van der Waals surface area (Å²) in [4.78, 5) is 0. The molecular formula is C49H32S. The number of hydrogen-bond acceptors (Lipinski definition) is 1. The van der Waals surface area contributed by atoms with E-state index in [2.05, 4.69) is 172 Å². The van der Waals surface area contributed by atoms with Gasteiger partial charge in [-0.15, -0.1) is 11.3 Å². The van der Waals surface area contributed by atoms with Gasteiger partial charge in [0, 0.05) is 25.6 Å². The summed E-state index contributed by atoms with van der Waals surface area (Å²) >= 11 is 1.89. The predicted molar refractivity (Wildman–Crippen MR) is 218 cm³/mol. The van der Waals surface area contributed by atoms with Crippen LogP contribution in [0.5, 0.6) is 0 Å². The van der Waals surface area contributed by atoms with E-state index in [0.717, 1.165) is 0 Å². The molecule has 1 aliphatic rings. The maximum atomic E-state index is 2.51. The van der Waals surface area contributed by atoms with Gasteiger partial charge >= 0.3 is 0 Å². The summed E-state index contributed by atoms with van der Waals surface area (Å²) in [5.74, 6) is 0. The molecule has 0 unspecified atom stereocenters. The summed E-state index contributed by atoms with van der Waals surface area (Å²) < 4.78 is 2.67. The van der Waals surface area contributed by atoms with E-state index in [-0.39, 0.29) is 5.41 Å². The lowest BCUT2D eigenvalue weighted by Crippen LogP contribution is -2.15. The van der Waals surface area contributed by atoms with Gasteiger partial charge in [0.05, 0.1) is 0 Å². The maximum absolute atomic E-state index is 2.51. The molecule has 0 spiro atoms. The van der Waals surface area contributed by atoms with Crippen molar-refractivity contribution < 1.29 is 0 Å². The summed E-state index contributed by atoms with van der Waals surface area (Å²) in [6.07, 6.45) is 0. The van der Waals surface area contributed by atoms with Gasteiger partial charge in [-0.05, 0) is 106 Å². The Morgan fingerprint density at radius 1 is 0.360 bits per heavy atom. The number of hydrogen-bond donors (Lipinski definition) is 0. The first-order valence-electron chi connectivity index (χ1n) is 17.5. The molecule has 0 fully saturated rings. The second kappa shape index (κ2) is 10.1. The number of fused-ring (bicyclic) bond motifs is 13. The summed E-state index contributed by atoms with van der Waals surface area (Å²) in [5, 5.41) is 13.2. The lowest BCUT2D eigenvalue weighted by Gasteiger charge is -2.25. The summed E-state index contributed by atoms with van der Waals surface area (Å²) in [7, 11) is 0. The first-order valence-corrected chi connectivity index (χ1v) is 18.3. The summed E-state index contributed by atoms with van der Waals surface area (Å²) in [6.45, 7) is 4.85. The van der Waals surface area contributed by atoms with Gasteiger partial charge in [0.25, 0.3) is 0 Å². The Hall–Kier alpha value is -5.76. The lowest BCUT2D eigenvalue weighted by molar-refractivity contribution is 0.667. The molecule has 10 aromatic rings. The van der Waals surface area contributed by atoms with Gasteiger partial charge in [-0.2, -0.15) is 0 Å². The third kappa shape index (κ3) is 3.71. The zero-order valence-corrected chi connectivity index (χ0v) is 28.7. The van der Waals surface area contributed by atoms with Crippen LogP contribution < -0.4 is 0 Å². The Morgan fingerprint density at radius 2 is 0.800 bits per heavy atom. The van der Waals surface area contributed by atoms with Crippen LogP contribution in [0.1, 0.15) is 25.0 Å². The van der Waals surface area contributed by atoms with Crippen molar-refractivity contribution in [1.29, 1.82) is 0 Å². The van der Waals surface area contributed by atoms with Crippen molar-refractivity contribution in [3.63, 3.8) is 0 Å². The van der Waals surface area contributed by atoms with Crippen molar-refractivity contribution >= 4 is 74.6 Å². The molecule has 0 atom stereocenters. The van der Waals surface area contributed by atoms with Crippen LogP contribution in [0.4, 0.5) is 0 Å². The molecule has 1 heterocycles. The number of benzene rings is 9. The quantitative estimate of drug-likeness (QED) is 0.129. The van der Waals surface area contributed by atoms with Gasteiger partial charge < -0.3 is 0 Å². The molecule has 1 aromatic heterocycles. The topological polar surface area (TPSA) is 0 Å². The second-order valence-corrected chi connectivity index (χ2v) is 15.5. The van der Waals surface area contributed by atoms with E-state index in [1.54, 1.807) is 0 Å². The van der Waals surface area contributed by atoms with Crippen molar-refractivity contribution in [2.75, 3.05) is 0 Å². The fourth-order valence-corrected chi connectivity index (χ4v) is 10.4. The first kappa shape index (κ1) is 28.1. The fraction of sp³-hybridized carbons (Fsp3) is 0.0612. The van der Waals surface area contributed by atoms with Crippen LogP contribution in [0.2, 0.25) is 0 Å². The molecule has 0 amide bonds. The van der Waals surface area contributed by atoms with Gasteiger partial charge in [-0.1, -0.05) is 153 Å². The molecule has 0 nitrogen and oxygen atoms in total. The fourth-order valence-electron chi connectivity index (χ4n) is 9.27. The van der Waals surface area contributed by atoms with Gasteiger partial charge in [-0.25, -0.2) is 0 Å². The average molecular weight is 653 g/mol. The molecule has 0 aliphatic heterocycles. The molecule has 0 saturated carbocycles. The summed E-state index contributed by atoms with van der Waals surface area (Å²) in [6, 6.07) is 59.2. The van der Waals surface area contributed by atoms with E-state index >= 15 is 0 Å². The zero-order chi connectivity index (χ0) is 33.1. The van der Waals surface area contributed by atoms with Crippen LogP contribution in [0.15, 0.2) is 158 Å². The normalized spacial score (nSPS) is 13.6. The smallest absolute Gasteiger partial charge is 0.0361 e. The Morgan fingerprint density at radius 3 is 1.42 bits per heavy atom. The Balaban J connectivity index is 1.18. The standard InChI is InChI=1S/C49H32S/c1-49(2)42-27-29(24-26-41(42)47-35-16-5-3-13-31(35)32-14-4-10-21-40(32)48(47)49)45-36-17-6-8-19-38(36)46(39-20-9-7-18-37(39)45)30-23-25-34-33-15-11-12-22-43(33)50-44(34)28-30/h3-28H,1-2H3. The molecule has 0 bridgehead atoms. The SMILES string of the molecule is CC1(C)c2cc(-c3c4ccccc4c(-c4ccc5c(c4)sc4ccccc45)c4ccccc34)ccc2-c2c1c1ccccc1c1ccccc21. The van der Waals surface area contributed by atoms with Crippen molar-refractivity contribution in [3.8, 4) is 33.4 Å². The van der Waals surface area contributed by atoms with Crippen molar-refractivity contribution in [1.82, 2.24) is 0 Å². The van der Waals surface area contributed by atoms with E-state index in [1.165, 1.54) is 108 Å². The third-order valence-corrected chi connectivity index (χ3v) is 12.5. The molecule has 234 valence electrons. The molecule has 0 radical (unpaired) electrons. The highest BCUT2D eigenvalue weighted by Gasteiger charge is 2.38. The van der Waals surface area contributed by atoms with E-state index in [1.807, 2.05) is 11.3 Å². The van der Waals surface area contributed by atoms with E-state index in [4.69, 9.17) is 0 Å². The minimum Gasteiger partial charge on any atom is -0.135 e. The Bertz CT molecular complexity index is 3010. The van der Waals surface area contributed by atoms with E-state index in [9.17, 15) is 0 Å². The predicted octanol–water partition coefficient (Wildman–Crippen LogP) is 14.3. The highest BCUT2D eigenvalue weighted by atomic mass is 32.1. The van der Waals surface area contributed by atoms with Crippen LogP contribution in [0.3, 0.4) is 0 Å². The van der Waals surface area contributed by atoms with Crippen LogP contribution in [-0.2, 0) is 5.41 Å². The maximum Gasteiger partial charge on any atom is 0.0361 e. The lowest BCUT2D eigenvalue weighted by atomic mass is 9.78. The molecule has 0 saturated heterocycles. The highest BCUT2D eigenvalue weighted by molar-refractivity contribution is 7.25. The molecule has 50 heavy (non-hydrogen) atoms. The van der Waals surface area contributed by atoms with Gasteiger partial charge in [0.2, 0.25) is 0 Å². The van der Waals surface area contributed by atoms with Crippen molar-refractivity contribution in [2.24, 2.45) is 0 Å². The summed E-state index contributed by atoms with van der Waals surface area (Å²) in [5.41, 5.74) is 10.6. The minimum absolute atomic E-state index is 0.157. The van der Waals surface area contributed by atoms with Crippen molar-refractivity contribution in [3.05, 3.63) is 169 Å². The van der Waals surface area contributed by atoms with Crippen molar-refractivity contribution in [2.45, 2.75) is 19.3 Å². The average Bonchev–Trinajstić information content (AvgIpc) is 3.65. The van der Waals surface area contributed by atoms with E-state index in [0.29, 0.717) is 0 Å². The highest BCUT2D eigenvalue weighted by Crippen LogP contribution is 2.56. The molecule has 11 rings (SSSR count). The Labute approximate surface area is 294 Å². The van der Waals surface area contributed by atoms with Crippen LogP contribution in [0.25, 0.3) is 96.6 Å². The monoisotopic (exact) mass is 652 g/mol. The third-order valence-electron chi connectivity index (χ3n) is 11.4. The van der Waals surface area contributed by atoms with Gasteiger partial charge in [0.15, 0.2) is 0 Å². The van der Waals surface area contributed by atoms with Gasteiger partial charge in [-0.3, -0.25) is 0 Å². The molecular weight excluding hydrogens is 621 g/mol. The molecule has 1 heteroatoms. The van der Waals surface area contributed by atoms with Crippen LogP contribution in [-0.4, -0.2) is 0 Å². The van der Waals surface area contributed by atoms with Crippen LogP contribution >= 0.6 is 11.3 Å². The van der Waals surface area contributed by atoms with E-state index < -0.39 is 0 Å². The first-order chi connectivity index (χ1) is 24.6. The minimum atomic E-state index is -0.157. The zero-order valence-electron chi connectivity index (χ0n) is 27.9. The molecule has 1 aliphatic carbocycles. The van der Waals surface area contributed by atoms with Crippen LogP contribution in [0, 0.1) is 0 Å². The number of rotatable bonds is 2. The van der Waals surface area contributed by atoms with Gasteiger partial charge in [0.1, 0.15) is 0 Å². The number of thiophene rings is 1.